The molecule has 1 unspecified atom stereocenters. The minimum absolute atomic E-state index is 0.0351. The number of imide groups is 1. The van der Waals surface area contributed by atoms with Crippen LogP contribution in [0.5, 0.6) is 0 Å². The summed E-state index contributed by atoms with van der Waals surface area (Å²) in [5, 5.41) is 10.9. The summed E-state index contributed by atoms with van der Waals surface area (Å²) in [6, 6.07) is 15.4. The van der Waals surface area contributed by atoms with Gasteiger partial charge in [0.1, 0.15) is 12.6 Å². The van der Waals surface area contributed by atoms with Crippen molar-refractivity contribution < 1.29 is 28.7 Å². The maximum absolute atomic E-state index is 12.5. The Balaban J connectivity index is 1.12. The van der Waals surface area contributed by atoms with Crippen LogP contribution in [0, 0.1) is 0 Å². The predicted octanol–water partition coefficient (Wildman–Crippen LogP) is 2.11. The van der Waals surface area contributed by atoms with E-state index in [2.05, 4.69) is 21.3 Å². The number of hydrogen-bond donors (Lipinski definition) is 4. The summed E-state index contributed by atoms with van der Waals surface area (Å²) < 4.78 is 5.27. The number of nitrogens with zero attached hydrogens (tertiary/aromatic N) is 1. The lowest BCUT2D eigenvalue weighted by atomic mass is 10.1. The summed E-state index contributed by atoms with van der Waals surface area (Å²) in [6.45, 7) is 1.72. The molecule has 2 aromatic rings. The molecule has 2 heterocycles. The lowest BCUT2D eigenvalue weighted by molar-refractivity contribution is -0.134. The maximum Gasteiger partial charge on any atom is 0.407 e. The molecule has 4 N–H and O–H groups in total. The number of benzene rings is 2. The van der Waals surface area contributed by atoms with E-state index >= 15 is 0 Å². The van der Waals surface area contributed by atoms with Gasteiger partial charge in [0.15, 0.2) is 0 Å². The van der Waals surface area contributed by atoms with Crippen molar-refractivity contribution in [2.45, 2.75) is 44.4 Å². The fourth-order valence-corrected chi connectivity index (χ4v) is 4.43. The Bertz CT molecular complexity index is 1240. The Labute approximate surface area is 232 Å². The zero-order valence-corrected chi connectivity index (χ0v) is 22.1. The van der Waals surface area contributed by atoms with Crippen molar-refractivity contribution in [3.63, 3.8) is 0 Å². The van der Waals surface area contributed by atoms with Gasteiger partial charge in [0, 0.05) is 49.4 Å². The smallest absolute Gasteiger partial charge is 0.407 e. The van der Waals surface area contributed by atoms with E-state index in [9.17, 15) is 24.0 Å². The number of piperidine rings is 2. The molecule has 5 amide bonds. The highest BCUT2D eigenvalue weighted by Crippen LogP contribution is 2.13. The van der Waals surface area contributed by atoms with Gasteiger partial charge in [0.05, 0.1) is 0 Å². The first-order valence-electron chi connectivity index (χ1n) is 13.3. The quantitative estimate of drug-likeness (QED) is 0.278. The minimum atomic E-state index is -0.728. The van der Waals surface area contributed by atoms with E-state index in [-0.39, 0.29) is 37.3 Å². The average Bonchev–Trinajstić information content (AvgIpc) is 2.97. The van der Waals surface area contributed by atoms with Crippen LogP contribution < -0.4 is 21.3 Å². The second-order valence-corrected chi connectivity index (χ2v) is 9.64. The number of amides is 5. The zero-order valence-electron chi connectivity index (χ0n) is 22.1. The number of carbonyl (C=O) groups excluding carboxylic acids is 5. The van der Waals surface area contributed by atoms with Crippen LogP contribution in [0.15, 0.2) is 66.7 Å². The van der Waals surface area contributed by atoms with Crippen molar-refractivity contribution in [2.75, 3.05) is 25.0 Å². The molecular formula is C29H33N5O6. The molecule has 0 saturated carbocycles. The highest BCUT2D eigenvalue weighted by molar-refractivity contribution is 6.03. The van der Waals surface area contributed by atoms with Crippen LogP contribution in [0.4, 0.5) is 10.5 Å². The third-order valence-electron chi connectivity index (χ3n) is 6.72. The Hall–Kier alpha value is -4.67. The van der Waals surface area contributed by atoms with Crippen LogP contribution in [0.1, 0.15) is 41.6 Å². The standard InChI is InChI=1S/C29H33N5O6/c35-25-13-12-24(28(38)33-25)32-27(37)21-8-10-22(11-9-21)30-16-4-7-26(36)34-17-14-23(15-18-34)31-29(39)40-19-20-5-2-1-3-6-20/h1-11,23-24,30H,12-19H2,(H,31,39)(H,32,37)(H,33,35,38)/b7-4+. The summed E-state index contributed by atoms with van der Waals surface area (Å²) in [5.41, 5.74) is 2.08. The van der Waals surface area contributed by atoms with Gasteiger partial charge in [-0.2, -0.15) is 0 Å². The molecule has 2 aromatic carbocycles. The lowest BCUT2D eigenvalue weighted by Gasteiger charge is -2.31. The zero-order chi connectivity index (χ0) is 28.3. The lowest BCUT2D eigenvalue weighted by Crippen LogP contribution is -2.52. The van der Waals surface area contributed by atoms with Gasteiger partial charge >= 0.3 is 6.09 Å². The first-order valence-corrected chi connectivity index (χ1v) is 13.3. The number of hydrogen-bond acceptors (Lipinski definition) is 7. The highest BCUT2D eigenvalue weighted by Gasteiger charge is 2.28. The van der Waals surface area contributed by atoms with Crippen molar-refractivity contribution in [2.24, 2.45) is 0 Å². The van der Waals surface area contributed by atoms with Crippen molar-refractivity contribution in [3.05, 3.63) is 77.9 Å². The molecule has 0 aromatic heterocycles. The normalized spacial score (nSPS) is 17.7. The first-order chi connectivity index (χ1) is 19.4. The van der Waals surface area contributed by atoms with Crippen molar-refractivity contribution in [3.8, 4) is 0 Å². The van der Waals surface area contributed by atoms with Crippen molar-refractivity contribution in [1.82, 2.24) is 20.9 Å². The SMILES string of the molecule is O=C1CCC(NC(=O)c2ccc(NC/C=C/C(=O)N3CCC(NC(=O)OCc4ccccc4)CC3)cc2)C(=O)N1. The van der Waals surface area contributed by atoms with E-state index in [4.69, 9.17) is 4.74 Å². The van der Waals surface area contributed by atoms with E-state index in [0.29, 0.717) is 38.0 Å². The Morgan fingerprint density at radius 2 is 1.68 bits per heavy atom. The topological polar surface area (TPSA) is 146 Å². The largest absolute Gasteiger partial charge is 0.445 e. The molecule has 1 atom stereocenters. The number of ether oxygens (including phenoxy) is 1. The van der Waals surface area contributed by atoms with Gasteiger partial charge in [0.25, 0.3) is 5.91 Å². The molecule has 2 saturated heterocycles. The Morgan fingerprint density at radius 3 is 2.38 bits per heavy atom. The molecule has 210 valence electrons. The second-order valence-electron chi connectivity index (χ2n) is 9.64. The molecule has 11 nitrogen and oxygen atoms in total. The minimum Gasteiger partial charge on any atom is -0.445 e. The van der Waals surface area contributed by atoms with E-state index in [1.807, 2.05) is 30.3 Å². The molecule has 0 radical (unpaired) electrons. The molecule has 0 spiro atoms. The number of rotatable bonds is 9. The number of nitrogens with one attached hydrogen (secondary N) is 4. The summed E-state index contributed by atoms with van der Waals surface area (Å²) >= 11 is 0. The van der Waals surface area contributed by atoms with Crippen LogP contribution in [0.2, 0.25) is 0 Å². The number of alkyl carbamates (subject to hydrolysis) is 1. The molecule has 11 heteroatoms. The summed E-state index contributed by atoms with van der Waals surface area (Å²) in [6.07, 6.45) is 4.58. The summed E-state index contributed by atoms with van der Waals surface area (Å²) in [7, 11) is 0. The fraction of sp³-hybridized carbons (Fsp3) is 0.345. The second kappa shape index (κ2) is 13.9. The third kappa shape index (κ3) is 8.42. The van der Waals surface area contributed by atoms with Gasteiger partial charge in [-0.3, -0.25) is 24.5 Å². The number of anilines is 1. The van der Waals surface area contributed by atoms with Crippen LogP contribution in [0.25, 0.3) is 0 Å². The molecule has 0 bridgehead atoms. The monoisotopic (exact) mass is 547 g/mol. The Kier molecular flexibility index (Phi) is 9.87. The molecule has 2 aliphatic heterocycles. The van der Waals surface area contributed by atoms with Crippen LogP contribution >= 0.6 is 0 Å². The van der Waals surface area contributed by atoms with Gasteiger partial charge in [-0.05, 0) is 49.1 Å². The summed E-state index contributed by atoms with van der Waals surface area (Å²) in [5.74, 6) is -1.32. The van der Waals surface area contributed by atoms with Crippen molar-refractivity contribution >= 4 is 35.4 Å². The molecule has 2 aliphatic rings. The third-order valence-corrected chi connectivity index (χ3v) is 6.72. The van der Waals surface area contributed by atoms with Gasteiger partial charge in [-0.1, -0.05) is 36.4 Å². The Morgan fingerprint density at radius 1 is 0.950 bits per heavy atom. The molecule has 4 rings (SSSR count). The van der Waals surface area contributed by atoms with E-state index < -0.39 is 23.9 Å². The molecule has 2 fully saturated rings. The van der Waals surface area contributed by atoms with E-state index in [0.717, 1.165) is 11.3 Å². The van der Waals surface area contributed by atoms with Gasteiger partial charge in [0.2, 0.25) is 17.7 Å². The van der Waals surface area contributed by atoms with Gasteiger partial charge in [-0.25, -0.2) is 4.79 Å². The van der Waals surface area contributed by atoms with E-state index in [1.54, 1.807) is 35.2 Å². The number of likely N-dealkylation sites (tertiary alicyclic amines) is 1. The molecule has 0 aliphatic carbocycles. The van der Waals surface area contributed by atoms with Crippen LogP contribution in [-0.2, 0) is 25.7 Å². The van der Waals surface area contributed by atoms with Crippen LogP contribution in [-0.4, -0.2) is 66.3 Å². The highest BCUT2D eigenvalue weighted by atomic mass is 16.5. The summed E-state index contributed by atoms with van der Waals surface area (Å²) in [4.78, 5) is 61.8. The molecular weight excluding hydrogens is 514 g/mol. The maximum atomic E-state index is 12.5. The van der Waals surface area contributed by atoms with Gasteiger partial charge < -0.3 is 25.6 Å². The average molecular weight is 548 g/mol. The predicted molar refractivity (Wildman–Crippen MR) is 147 cm³/mol. The fourth-order valence-electron chi connectivity index (χ4n) is 4.43. The first kappa shape index (κ1) is 28.3. The van der Waals surface area contributed by atoms with Gasteiger partial charge in [-0.15, -0.1) is 0 Å². The molecule has 40 heavy (non-hydrogen) atoms. The van der Waals surface area contributed by atoms with E-state index in [1.165, 1.54) is 6.08 Å². The van der Waals surface area contributed by atoms with Crippen molar-refractivity contribution in [1.29, 1.82) is 0 Å². The number of carbonyl (C=O) groups is 5. The van der Waals surface area contributed by atoms with Crippen LogP contribution in [0.3, 0.4) is 0 Å².